The summed E-state index contributed by atoms with van der Waals surface area (Å²) in [5.74, 6) is -0.737. The maximum atomic E-state index is 11.7. The zero-order valence-electron chi connectivity index (χ0n) is 10.1. The van der Waals surface area contributed by atoms with Crippen LogP contribution in [0, 0.1) is 6.92 Å². The van der Waals surface area contributed by atoms with E-state index >= 15 is 0 Å². The molecule has 0 fully saturated rings. The number of anilines is 1. The second-order valence-corrected chi connectivity index (χ2v) is 3.35. The number of carbonyl (C=O) groups is 2. The largest absolute Gasteiger partial charge is 0.462 e. The van der Waals surface area contributed by atoms with Crippen molar-refractivity contribution in [3.05, 3.63) is 23.9 Å². The number of ether oxygens (including phenoxy) is 1. The molecule has 0 unspecified atom stereocenters. The van der Waals surface area contributed by atoms with Crippen molar-refractivity contribution in [3.8, 4) is 0 Å². The molecule has 1 aromatic rings. The minimum Gasteiger partial charge on any atom is -0.462 e. The van der Waals surface area contributed by atoms with Gasteiger partial charge >= 0.3 is 5.97 Å². The van der Waals surface area contributed by atoms with Crippen molar-refractivity contribution in [2.75, 3.05) is 11.9 Å². The molecule has 17 heavy (non-hydrogen) atoms. The Morgan fingerprint density at radius 2 is 2.24 bits per heavy atom. The summed E-state index contributed by atoms with van der Waals surface area (Å²) in [6.45, 7) is 7.04. The topological polar surface area (TPSA) is 73.2 Å². The Bertz CT molecular complexity index is 463. The predicted molar refractivity (Wildman–Crippen MR) is 62.7 cm³/mol. The maximum Gasteiger partial charge on any atom is 0.343 e. The molecule has 0 bridgehead atoms. The molecule has 1 heterocycles. The van der Waals surface area contributed by atoms with Crippen LogP contribution >= 0.6 is 0 Å². The van der Waals surface area contributed by atoms with E-state index in [0.29, 0.717) is 5.69 Å². The minimum absolute atomic E-state index is 0.188. The van der Waals surface area contributed by atoms with E-state index in [-0.39, 0.29) is 18.0 Å². The van der Waals surface area contributed by atoms with Gasteiger partial charge in [-0.2, -0.15) is 5.10 Å². The van der Waals surface area contributed by atoms with Gasteiger partial charge in [-0.1, -0.05) is 6.58 Å². The van der Waals surface area contributed by atoms with Crippen LogP contribution in [0.1, 0.15) is 23.0 Å². The summed E-state index contributed by atoms with van der Waals surface area (Å²) in [5, 5.41) is 6.51. The van der Waals surface area contributed by atoms with Gasteiger partial charge in [-0.25, -0.2) is 4.79 Å². The summed E-state index contributed by atoms with van der Waals surface area (Å²) < 4.78 is 6.41. The summed E-state index contributed by atoms with van der Waals surface area (Å²) in [7, 11) is 1.68. The van der Waals surface area contributed by atoms with Crippen molar-refractivity contribution < 1.29 is 14.3 Å². The van der Waals surface area contributed by atoms with Crippen molar-refractivity contribution in [1.29, 1.82) is 0 Å². The zero-order chi connectivity index (χ0) is 13.0. The second kappa shape index (κ2) is 5.29. The predicted octanol–water partition coefficient (Wildman–Crippen LogP) is 1.03. The second-order valence-electron chi connectivity index (χ2n) is 3.35. The van der Waals surface area contributed by atoms with Crippen molar-refractivity contribution in [3.63, 3.8) is 0 Å². The molecule has 0 spiro atoms. The molecule has 1 rings (SSSR count). The molecule has 1 aromatic heterocycles. The first kappa shape index (κ1) is 13.0. The third kappa shape index (κ3) is 2.72. The standard InChI is InChI=1S/C11H15N3O3/c1-5-8(15)12-10-9(11(16)17-6-2)7(3)14(4)13-10/h5H,1,6H2,2-4H3,(H,12,13,15). The first-order valence-electron chi connectivity index (χ1n) is 5.15. The smallest absolute Gasteiger partial charge is 0.343 e. The highest BCUT2D eigenvalue weighted by Crippen LogP contribution is 2.19. The van der Waals surface area contributed by atoms with Crippen LogP contribution in [0.5, 0.6) is 0 Å². The number of nitrogens with one attached hydrogen (secondary N) is 1. The fourth-order valence-corrected chi connectivity index (χ4v) is 1.31. The Balaban J connectivity index is 3.12. The number of nitrogens with zero attached hydrogens (tertiary/aromatic N) is 2. The molecule has 0 saturated carbocycles. The summed E-state index contributed by atoms with van der Waals surface area (Å²) in [6, 6.07) is 0. The molecule has 0 atom stereocenters. The van der Waals surface area contributed by atoms with E-state index in [2.05, 4.69) is 17.0 Å². The van der Waals surface area contributed by atoms with Gasteiger partial charge in [0.2, 0.25) is 5.91 Å². The lowest BCUT2D eigenvalue weighted by molar-refractivity contribution is -0.111. The highest BCUT2D eigenvalue weighted by molar-refractivity contribution is 6.04. The Morgan fingerprint density at radius 3 is 2.76 bits per heavy atom. The first-order valence-corrected chi connectivity index (χ1v) is 5.15. The van der Waals surface area contributed by atoms with Crippen molar-refractivity contribution in [2.45, 2.75) is 13.8 Å². The average molecular weight is 237 g/mol. The molecule has 0 aliphatic carbocycles. The molecule has 6 heteroatoms. The van der Waals surface area contributed by atoms with Crippen LogP contribution in [0.15, 0.2) is 12.7 Å². The van der Waals surface area contributed by atoms with Gasteiger partial charge in [-0.05, 0) is 19.9 Å². The SMILES string of the molecule is C=CC(=O)Nc1nn(C)c(C)c1C(=O)OCC. The molecule has 0 saturated heterocycles. The van der Waals surface area contributed by atoms with E-state index in [4.69, 9.17) is 4.74 Å². The zero-order valence-corrected chi connectivity index (χ0v) is 10.1. The van der Waals surface area contributed by atoms with Gasteiger partial charge in [0.05, 0.1) is 12.3 Å². The van der Waals surface area contributed by atoms with Gasteiger partial charge < -0.3 is 10.1 Å². The Hall–Kier alpha value is -2.11. The van der Waals surface area contributed by atoms with Crippen molar-refractivity contribution in [2.24, 2.45) is 7.05 Å². The quantitative estimate of drug-likeness (QED) is 0.627. The summed E-state index contributed by atoms with van der Waals surface area (Å²) >= 11 is 0. The maximum absolute atomic E-state index is 11.7. The fourth-order valence-electron chi connectivity index (χ4n) is 1.31. The molecule has 0 radical (unpaired) electrons. The molecular weight excluding hydrogens is 222 g/mol. The van der Waals surface area contributed by atoms with E-state index in [1.165, 1.54) is 4.68 Å². The van der Waals surface area contributed by atoms with Crippen LogP contribution < -0.4 is 5.32 Å². The Morgan fingerprint density at radius 1 is 1.59 bits per heavy atom. The lowest BCUT2D eigenvalue weighted by atomic mass is 10.2. The minimum atomic E-state index is -0.502. The van der Waals surface area contributed by atoms with Gasteiger partial charge in [-0.15, -0.1) is 0 Å². The van der Waals surface area contributed by atoms with E-state index in [0.717, 1.165) is 6.08 Å². The Kier molecular flexibility index (Phi) is 4.03. The number of hydrogen-bond acceptors (Lipinski definition) is 4. The summed E-state index contributed by atoms with van der Waals surface area (Å²) in [4.78, 5) is 22.9. The van der Waals surface area contributed by atoms with E-state index in [1.54, 1.807) is 20.9 Å². The molecule has 0 aliphatic heterocycles. The first-order chi connectivity index (χ1) is 8.01. The van der Waals surface area contributed by atoms with E-state index in [9.17, 15) is 9.59 Å². The number of aromatic nitrogens is 2. The molecular formula is C11H15N3O3. The molecule has 0 aliphatic rings. The number of rotatable bonds is 4. The number of aryl methyl sites for hydroxylation is 1. The van der Waals surface area contributed by atoms with Crippen LogP contribution in [0.2, 0.25) is 0 Å². The van der Waals surface area contributed by atoms with Crippen LogP contribution in [-0.4, -0.2) is 28.3 Å². The molecule has 1 N–H and O–H groups in total. The van der Waals surface area contributed by atoms with Gasteiger partial charge in [-0.3, -0.25) is 9.48 Å². The fraction of sp³-hybridized carbons (Fsp3) is 0.364. The monoisotopic (exact) mass is 237 g/mol. The number of amides is 1. The molecule has 92 valence electrons. The summed E-state index contributed by atoms with van der Waals surface area (Å²) in [6.07, 6.45) is 1.11. The third-order valence-corrected chi connectivity index (χ3v) is 2.24. The normalized spacial score (nSPS) is 9.82. The summed E-state index contributed by atoms with van der Waals surface area (Å²) in [5.41, 5.74) is 0.896. The Labute approximate surface area is 99.3 Å². The van der Waals surface area contributed by atoms with Crippen molar-refractivity contribution >= 4 is 17.7 Å². The molecule has 1 amide bonds. The van der Waals surface area contributed by atoms with Gasteiger partial charge in [0.1, 0.15) is 5.56 Å². The van der Waals surface area contributed by atoms with E-state index in [1.807, 2.05) is 0 Å². The molecule has 6 nitrogen and oxygen atoms in total. The van der Waals surface area contributed by atoms with Crippen LogP contribution in [-0.2, 0) is 16.6 Å². The van der Waals surface area contributed by atoms with Crippen LogP contribution in [0.25, 0.3) is 0 Å². The third-order valence-electron chi connectivity index (χ3n) is 2.24. The van der Waals surface area contributed by atoms with Gasteiger partial charge in [0.25, 0.3) is 0 Å². The lowest BCUT2D eigenvalue weighted by Gasteiger charge is -2.03. The van der Waals surface area contributed by atoms with Crippen molar-refractivity contribution in [1.82, 2.24) is 9.78 Å². The van der Waals surface area contributed by atoms with Gasteiger partial charge in [0, 0.05) is 7.05 Å². The highest BCUT2D eigenvalue weighted by atomic mass is 16.5. The molecule has 0 aromatic carbocycles. The number of carbonyl (C=O) groups excluding carboxylic acids is 2. The van der Waals surface area contributed by atoms with Crippen LogP contribution in [0.3, 0.4) is 0 Å². The number of esters is 1. The average Bonchev–Trinajstić information content (AvgIpc) is 2.54. The van der Waals surface area contributed by atoms with Crippen LogP contribution in [0.4, 0.5) is 5.82 Å². The number of hydrogen-bond donors (Lipinski definition) is 1. The lowest BCUT2D eigenvalue weighted by Crippen LogP contribution is -2.13. The highest BCUT2D eigenvalue weighted by Gasteiger charge is 2.21. The van der Waals surface area contributed by atoms with E-state index < -0.39 is 11.9 Å². The van der Waals surface area contributed by atoms with Gasteiger partial charge in [0.15, 0.2) is 5.82 Å².